The zero-order valence-electron chi connectivity index (χ0n) is 59.4. The minimum atomic E-state index is -4.47. The highest BCUT2D eigenvalue weighted by Gasteiger charge is 2.30. The molecule has 0 aromatic rings. The van der Waals surface area contributed by atoms with E-state index < -0.39 is 20.0 Å². The van der Waals surface area contributed by atoms with Crippen LogP contribution in [0.4, 0.5) is 0 Å². The van der Waals surface area contributed by atoms with Crippen molar-refractivity contribution < 1.29 is 37.3 Å². The number of nitrogens with one attached hydrogen (secondary N) is 1. The van der Waals surface area contributed by atoms with Crippen molar-refractivity contribution in [2.75, 3.05) is 40.9 Å². The Morgan fingerprint density at radius 1 is 0.404 bits per heavy atom. The minimum absolute atomic E-state index is 0.0331. The van der Waals surface area contributed by atoms with Gasteiger partial charge in [-0.2, -0.15) is 0 Å². The maximum absolute atomic E-state index is 13.6. The number of likely N-dealkylation sites (N-methyl/N-ethyl adjacent to an activating group) is 1. The number of phosphoric ester groups is 1. The van der Waals surface area contributed by atoms with Crippen LogP contribution in [0.3, 0.4) is 0 Å². The lowest BCUT2D eigenvalue weighted by Gasteiger charge is -2.27. The molecule has 3 unspecified atom stereocenters. The molecule has 0 fully saturated rings. The topological polar surface area (TPSA) is 111 Å². The Morgan fingerprint density at radius 3 is 1.08 bits per heavy atom. The Hall–Kier alpha value is -2.81. The number of hydrogen-bond donors (Lipinski definition) is 2. The van der Waals surface area contributed by atoms with E-state index in [0.29, 0.717) is 23.9 Å². The Balaban J connectivity index is 5.05. The SMILES string of the molecule is CC/C=C\C/C=C\C/C=C\C/C=C\C/C=C\C/C=C\CCCCCCC(=O)NC(COP(=O)(O)OCC[N+](C)(C)C)C(/C=C/CCCCCCCCCCCCC)OC(=O)CCCCCCCCCCCCCCCCCCCCCCCCCCCCC. The second-order valence-corrected chi connectivity index (χ2v) is 28.3. The minimum Gasteiger partial charge on any atom is -0.456 e. The third-order valence-corrected chi connectivity index (χ3v) is 17.8. The van der Waals surface area contributed by atoms with Crippen LogP contribution in [0.5, 0.6) is 0 Å². The molecular weight excluding hydrogens is 1120 g/mol. The number of allylic oxidation sites excluding steroid dienone is 13. The van der Waals surface area contributed by atoms with Crippen LogP contribution in [0.1, 0.15) is 355 Å². The van der Waals surface area contributed by atoms with Gasteiger partial charge in [-0.1, -0.05) is 344 Å². The molecule has 89 heavy (non-hydrogen) atoms. The number of hydrogen-bond acceptors (Lipinski definition) is 6. The van der Waals surface area contributed by atoms with Gasteiger partial charge in [0.2, 0.25) is 5.91 Å². The monoisotopic (exact) mass is 1270 g/mol. The molecular formula is C79H146N2O7P+. The largest absolute Gasteiger partial charge is 0.472 e. The second-order valence-electron chi connectivity index (χ2n) is 26.8. The van der Waals surface area contributed by atoms with Crippen molar-refractivity contribution in [3.8, 4) is 0 Å². The van der Waals surface area contributed by atoms with Gasteiger partial charge in [-0.3, -0.25) is 18.6 Å². The van der Waals surface area contributed by atoms with Crippen molar-refractivity contribution in [3.05, 3.63) is 85.1 Å². The van der Waals surface area contributed by atoms with Gasteiger partial charge in [0.05, 0.1) is 33.8 Å². The van der Waals surface area contributed by atoms with Crippen molar-refractivity contribution in [2.45, 2.75) is 367 Å². The number of quaternary nitrogens is 1. The predicted octanol–water partition coefficient (Wildman–Crippen LogP) is 24.5. The van der Waals surface area contributed by atoms with Crippen LogP contribution in [0.15, 0.2) is 85.1 Å². The maximum atomic E-state index is 13.6. The molecule has 0 aliphatic heterocycles. The van der Waals surface area contributed by atoms with Gasteiger partial charge in [0.25, 0.3) is 0 Å². The standard InChI is InChI=1S/C79H145N2O7P/c1-7-10-13-16-19-22-25-28-30-32-34-36-38-39-40-41-43-45-47-49-51-54-57-60-63-66-69-72-79(83)88-77(70-67-64-61-58-55-52-27-24-21-18-15-12-9-3)76(75-87-89(84,85)86-74-73-81(4,5)6)80-78(82)71-68-65-62-59-56-53-50-48-46-44-42-37-35-33-31-29-26-23-20-17-14-11-8-2/h11,14,20,23,29,31,35,37,44,46,50,53,67,70,76-77H,7-10,12-13,15-19,21-22,24-28,30,32-34,36,38-43,45,47-49,51-52,54-66,68-69,71-75H2,1-6H3,(H-,80,82,84,85)/p+1/b14-11-,23-20-,31-29-,37-35-,46-44-,53-50-,70-67+. The molecule has 10 heteroatoms. The zero-order chi connectivity index (χ0) is 64.9. The molecule has 0 saturated heterocycles. The number of amides is 1. The van der Waals surface area contributed by atoms with Crippen molar-refractivity contribution in [3.63, 3.8) is 0 Å². The predicted molar refractivity (Wildman–Crippen MR) is 388 cm³/mol. The number of nitrogens with zero attached hydrogens (tertiary/aromatic N) is 1. The third-order valence-electron chi connectivity index (χ3n) is 16.8. The molecule has 9 nitrogen and oxygen atoms in total. The summed E-state index contributed by atoms with van der Waals surface area (Å²) in [5, 5.41) is 3.06. The lowest BCUT2D eigenvalue weighted by Crippen LogP contribution is -2.47. The number of carbonyl (C=O) groups excluding carboxylic acids is 2. The Kier molecular flexibility index (Phi) is 65.9. The first kappa shape index (κ1) is 86.2. The fourth-order valence-corrected chi connectivity index (χ4v) is 11.8. The van der Waals surface area contributed by atoms with E-state index in [-0.39, 0.29) is 31.5 Å². The molecule has 0 aromatic carbocycles. The molecule has 1 amide bonds. The molecule has 0 rings (SSSR count). The molecule has 3 atom stereocenters. The van der Waals surface area contributed by atoms with Gasteiger partial charge in [-0.05, 0) is 83.1 Å². The van der Waals surface area contributed by atoms with Gasteiger partial charge in [0, 0.05) is 12.8 Å². The average molecular weight is 1270 g/mol. The maximum Gasteiger partial charge on any atom is 0.472 e. The van der Waals surface area contributed by atoms with Crippen LogP contribution in [0.2, 0.25) is 0 Å². The molecule has 0 radical (unpaired) electrons. The number of esters is 1. The van der Waals surface area contributed by atoms with Crippen molar-refractivity contribution in [1.82, 2.24) is 5.32 Å². The normalized spacial score (nSPS) is 13.9. The van der Waals surface area contributed by atoms with Crippen LogP contribution in [-0.2, 0) is 27.9 Å². The molecule has 0 aliphatic carbocycles. The summed E-state index contributed by atoms with van der Waals surface area (Å²) in [6, 6.07) is -0.866. The summed E-state index contributed by atoms with van der Waals surface area (Å²) < 4.78 is 30.9. The number of rotatable bonds is 69. The van der Waals surface area contributed by atoms with Gasteiger partial charge in [0.15, 0.2) is 0 Å². The first-order valence-corrected chi connectivity index (χ1v) is 39.4. The summed E-state index contributed by atoms with van der Waals surface area (Å²) in [7, 11) is 1.48. The number of carbonyl (C=O) groups is 2. The van der Waals surface area contributed by atoms with Crippen molar-refractivity contribution >= 4 is 19.7 Å². The van der Waals surface area contributed by atoms with E-state index in [4.69, 9.17) is 13.8 Å². The number of unbranched alkanes of at least 4 members (excludes halogenated alkanes) is 41. The van der Waals surface area contributed by atoms with Crippen LogP contribution in [0.25, 0.3) is 0 Å². The smallest absolute Gasteiger partial charge is 0.456 e. The molecule has 0 aliphatic rings. The lowest BCUT2D eigenvalue weighted by atomic mass is 10.0. The van der Waals surface area contributed by atoms with Gasteiger partial charge in [-0.25, -0.2) is 4.57 Å². The Morgan fingerprint density at radius 2 is 0.719 bits per heavy atom. The van der Waals surface area contributed by atoms with Crippen LogP contribution < -0.4 is 5.32 Å². The molecule has 2 N–H and O–H groups in total. The quantitative estimate of drug-likeness (QED) is 0.0205. The van der Waals surface area contributed by atoms with E-state index in [9.17, 15) is 19.0 Å². The summed E-state index contributed by atoms with van der Waals surface area (Å²) >= 11 is 0. The van der Waals surface area contributed by atoms with E-state index in [2.05, 4.69) is 99.0 Å². The summed E-state index contributed by atoms with van der Waals surface area (Å²) in [5.41, 5.74) is 0. The van der Waals surface area contributed by atoms with Gasteiger partial charge < -0.3 is 19.4 Å². The Bertz CT molecular complexity index is 1800. The van der Waals surface area contributed by atoms with E-state index in [1.54, 1.807) is 0 Å². The van der Waals surface area contributed by atoms with Gasteiger partial charge in [0.1, 0.15) is 19.3 Å². The van der Waals surface area contributed by atoms with Crippen LogP contribution in [0, 0.1) is 0 Å². The van der Waals surface area contributed by atoms with Crippen LogP contribution >= 0.6 is 7.82 Å². The summed E-state index contributed by atoms with van der Waals surface area (Å²) in [6.45, 7) is 6.93. The highest BCUT2D eigenvalue weighted by molar-refractivity contribution is 7.47. The second kappa shape index (κ2) is 68.1. The summed E-state index contributed by atoms with van der Waals surface area (Å²) in [5.74, 6) is -0.522. The molecule has 518 valence electrons. The van der Waals surface area contributed by atoms with E-state index in [1.807, 2.05) is 33.3 Å². The van der Waals surface area contributed by atoms with Crippen molar-refractivity contribution in [2.24, 2.45) is 0 Å². The first-order chi connectivity index (χ1) is 43.4. The fourth-order valence-electron chi connectivity index (χ4n) is 11.1. The lowest BCUT2D eigenvalue weighted by molar-refractivity contribution is -0.870. The van der Waals surface area contributed by atoms with E-state index in [1.165, 1.54) is 212 Å². The number of phosphoric acid groups is 1. The van der Waals surface area contributed by atoms with Gasteiger partial charge in [-0.15, -0.1) is 0 Å². The summed E-state index contributed by atoms with van der Waals surface area (Å²) in [6.07, 6.45) is 91.9. The Labute approximate surface area is 552 Å². The fraction of sp³-hybridized carbons (Fsp3) is 0.797. The number of ether oxygens (including phenoxy) is 1. The third kappa shape index (κ3) is 69.4. The molecule has 0 spiro atoms. The first-order valence-electron chi connectivity index (χ1n) is 37.9. The van der Waals surface area contributed by atoms with Crippen LogP contribution in [-0.4, -0.2) is 74.3 Å². The summed E-state index contributed by atoms with van der Waals surface area (Å²) in [4.78, 5) is 38.0. The molecule has 0 aromatic heterocycles. The molecule has 0 saturated carbocycles. The average Bonchev–Trinajstić information content (AvgIpc) is 3.64. The van der Waals surface area contributed by atoms with E-state index in [0.717, 1.165) is 103 Å². The van der Waals surface area contributed by atoms with E-state index >= 15 is 0 Å². The highest BCUT2D eigenvalue weighted by atomic mass is 31.2. The van der Waals surface area contributed by atoms with Crippen molar-refractivity contribution in [1.29, 1.82) is 0 Å². The van der Waals surface area contributed by atoms with Gasteiger partial charge >= 0.3 is 13.8 Å². The molecule has 0 bridgehead atoms. The highest BCUT2D eigenvalue weighted by Crippen LogP contribution is 2.43. The zero-order valence-corrected chi connectivity index (χ0v) is 60.3. The molecule has 0 heterocycles.